The standard InChI is InChI=1S/C31H33FN2O3/c1-21-6-10-24(11-7-21)30-28-18-27(37-20-29(35)33-19-22-8-13-26(32)14-9-22)15-12-23(28)16-17-34(30)31(36)25-4-2-3-5-25/h6-15,18,25,30H,2-5,16-17,19-20H2,1H3,(H,33,35)/t30-/m0/s1. The van der Waals surface area contributed by atoms with Crippen LogP contribution >= 0.6 is 0 Å². The number of fused-ring (bicyclic) bond motifs is 1. The van der Waals surface area contributed by atoms with Crippen molar-refractivity contribution in [2.24, 2.45) is 5.92 Å². The smallest absolute Gasteiger partial charge is 0.258 e. The molecule has 1 aliphatic carbocycles. The monoisotopic (exact) mass is 500 g/mol. The van der Waals surface area contributed by atoms with Crippen LogP contribution in [0, 0.1) is 18.7 Å². The lowest BCUT2D eigenvalue weighted by Gasteiger charge is -2.39. The van der Waals surface area contributed by atoms with Crippen LogP contribution in [0.3, 0.4) is 0 Å². The number of hydrogen-bond acceptors (Lipinski definition) is 3. The van der Waals surface area contributed by atoms with Gasteiger partial charge in [0.25, 0.3) is 5.91 Å². The van der Waals surface area contributed by atoms with E-state index in [0.717, 1.165) is 48.8 Å². The number of halogens is 1. The van der Waals surface area contributed by atoms with E-state index in [9.17, 15) is 14.0 Å². The average molecular weight is 501 g/mol. The summed E-state index contributed by atoms with van der Waals surface area (Å²) in [6.45, 7) is 2.94. The lowest BCUT2D eigenvalue weighted by Crippen LogP contribution is -2.43. The Balaban J connectivity index is 1.33. The third-order valence-electron chi connectivity index (χ3n) is 7.50. The van der Waals surface area contributed by atoms with Crippen LogP contribution in [0.1, 0.15) is 59.5 Å². The van der Waals surface area contributed by atoms with E-state index < -0.39 is 0 Å². The van der Waals surface area contributed by atoms with Crippen LogP contribution in [-0.2, 0) is 22.6 Å². The summed E-state index contributed by atoms with van der Waals surface area (Å²) in [5.74, 6) is 0.398. The number of nitrogens with one attached hydrogen (secondary N) is 1. The Morgan fingerprint density at radius 2 is 1.73 bits per heavy atom. The molecular formula is C31H33FN2O3. The van der Waals surface area contributed by atoms with Gasteiger partial charge in [-0.15, -0.1) is 0 Å². The minimum atomic E-state index is -0.307. The molecule has 1 N–H and O–H groups in total. The van der Waals surface area contributed by atoms with Crippen LogP contribution in [0.25, 0.3) is 0 Å². The summed E-state index contributed by atoms with van der Waals surface area (Å²) in [6, 6.07) is 20.2. The van der Waals surface area contributed by atoms with Gasteiger partial charge in [-0.2, -0.15) is 0 Å². The van der Waals surface area contributed by atoms with E-state index in [-0.39, 0.29) is 36.2 Å². The van der Waals surface area contributed by atoms with Crippen LogP contribution in [0.2, 0.25) is 0 Å². The molecule has 0 bridgehead atoms. The van der Waals surface area contributed by atoms with Gasteiger partial charge in [0.15, 0.2) is 6.61 Å². The number of hydrogen-bond donors (Lipinski definition) is 1. The Kier molecular flexibility index (Phi) is 7.54. The Bertz CT molecular complexity index is 1250. The van der Waals surface area contributed by atoms with Gasteiger partial charge in [0.1, 0.15) is 11.6 Å². The van der Waals surface area contributed by atoms with Crippen molar-refractivity contribution in [2.45, 2.75) is 51.6 Å². The van der Waals surface area contributed by atoms with Crippen LogP contribution in [0.4, 0.5) is 4.39 Å². The fraction of sp³-hybridized carbons (Fsp3) is 0.355. The van der Waals surface area contributed by atoms with Crippen molar-refractivity contribution >= 4 is 11.8 Å². The molecule has 1 aliphatic heterocycles. The summed E-state index contributed by atoms with van der Waals surface area (Å²) in [5, 5.41) is 2.80. The van der Waals surface area contributed by atoms with Crippen molar-refractivity contribution in [1.29, 1.82) is 0 Å². The van der Waals surface area contributed by atoms with Crippen LogP contribution in [-0.4, -0.2) is 29.9 Å². The summed E-state index contributed by atoms with van der Waals surface area (Å²) in [4.78, 5) is 28.0. The molecule has 5 rings (SSSR count). The minimum absolute atomic E-state index is 0.110. The Morgan fingerprint density at radius 1 is 1.00 bits per heavy atom. The number of benzene rings is 3. The molecule has 0 saturated heterocycles. The molecule has 5 nitrogen and oxygen atoms in total. The SMILES string of the molecule is Cc1ccc([C@H]2c3cc(OCC(=O)NCc4ccc(F)cc4)ccc3CCN2C(=O)C2CCCC2)cc1. The van der Waals surface area contributed by atoms with Gasteiger partial charge < -0.3 is 15.0 Å². The maximum Gasteiger partial charge on any atom is 0.258 e. The maximum absolute atomic E-state index is 13.6. The topological polar surface area (TPSA) is 58.6 Å². The first-order valence-corrected chi connectivity index (χ1v) is 13.1. The average Bonchev–Trinajstić information content (AvgIpc) is 3.46. The second kappa shape index (κ2) is 11.2. The van der Waals surface area contributed by atoms with Gasteiger partial charge in [-0.05, 0) is 72.7 Å². The van der Waals surface area contributed by atoms with E-state index in [2.05, 4.69) is 47.5 Å². The molecule has 1 heterocycles. The van der Waals surface area contributed by atoms with Crippen molar-refractivity contribution in [3.05, 3.63) is 100 Å². The molecule has 3 aromatic carbocycles. The molecule has 37 heavy (non-hydrogen) atoms. The zero-order valence-corrected chi connectivity index (χ0v) is 21.2. The van der Waals surface area contributed by atoms with Gasteiger partial charge in [-0.3, -0.25) is 9.59 Å². The Hall–Kier alpha value is -3.67. The normalized spacial score (nSPS) is 17.4. The number of amides is 2. The molecule has 1 atom stereocenters. The van der Waals surface area contributed by atoms with Crippen molar-refractivity contribution in [3.8, 4) is 5.75 Å². The lowest BCUT2D eigenvalue weighted by molar-refractivity contribution is -0.137. The van der Waals surface area contributed by atoms with Gasteiger partial charge >= 0.3 is 0 Å². The predicted molar refractivity (Wildman–Crippen MR) is 141 cm³/mol. The zero-order valence-electron chi connectivity index (χ0n) is 21.2. The Labute approximate surface area is 217 Å². The number of rotatable bonds is 7. The molecule has 1 saturated carbocycles. The first kappa shape index (κ1) is 25.0. The van der Waals surface area contributed by atoms with E-state index in [1.807, 2.05) is 12.1 Å². The maximum atomic E-state index is 13.6. The van der Waals surface area contributed by atoms with E-state index in [0.29, 0.717) is 18.8 Å². The van der Waals surface area contributed by atoms with Crippen LogP contribution < -0.4 is 10.1 Å². The molecule has 2 amide bonds. The summed E-state index contributed by atoms with van der Waals surface area (Å²) in [6.07, 6.45) is 4.99. The number of nitrogens with zero attached hydrogens (tertiary/aromatic N) is 1. The van der Waals surface area contributed by atoms with E-state index in [1.165, 1.54) is 23.3 Å². The highest BCUT2D eigenvalue weighted by atomic mass is 19.1. The second-order valence-corrected chi connectivity index (χ2v) is 10.1. The van der Waals surface area contributed by atoms with Gasteiger partial charge in [-0.25, -0.2) is 4.39 Å². The fourth-order valence-corrected chi connectivity index (χ4v) is 5.44. The third kappa shape index (κ3) is 5.85. The summed E-state index contributed by atoms with van der Waals surface area (Å²) in [5.41, 5.74) is 5.35. The summed E-state index contributed by atoms with van der Waals surface area (Å²) in [7, 11) is 0. The minimum Gasteiger partial charge on any atom is -0.484 e. The largest absolute Gasteiger partial charge is 0.484 e. The van der Waals surface area contributed by atoms with Crippen LogP contribution in [0.5, 0.6) is 5.75 Å². The number of ether oxygens (including phenoxy) is 1. The lowest BCUT2D eigenvalue weighted by atomic mass is 9.86. The zero-order chi connectivity index (χ0) is 25.8. The fourth-order valence-electron chi connectivity index (χ4n) is 5.44. The third-order valence-corrected chi connectivity index (χ3v) is 7.50. The molecule has 1 fully saturated rings. The van der Waals surface area contributed by atoms with Crippen molar-refractivity contribution < 1.29 is 18.7 Å². The van der Waals surface area contributed by atoms with Crippen LogP contribution in [0.15, 0.2) is 66.7 Å². The van der Waals surface area contributed by atoms with Gasteiger partial charge in [0, 0.05) is 19.0 Å². The van der Waals surface area contributed by atoms with Crippen molar-refractivity contribution in [1.82, 2.24) is 10.2 Å². The van der Waals surface area contributed by atoms with Crippen molar-refractivity contribution in [3.63, 3.8) is 0 Å². The molecule has 6 heteroatoms. The van der Waals surface area contributed by atoms with E-state index in [1.54, 1.807) is 12.1 Å². The number of carbonyl (C=O) groups is 2. The van der Waals surface area contributed by atoms with Gasteiger partial charge in [-0.1, -0.05) is 60.9 Å². The van der Waals surface area contributed by atoms with E-state index >= 15 is 0 Å². The van der Waals surface area contributed by atoms with Gasteiger partial charge in [0.05, 0.1) is 6.04 Å². The highest BCUT2D eigenvalue weighted by Gasteiger charge is 2.36. The summed E-state index contributed by atoms with van der Waals surface area (Å²) < 4.78 is 19.0. The molecule has 0 aromatic heterocycles. The second-order valence-electron chi connectivity index (χ2n) is 10.1. The first-order chi connectivity index (χ1) is 18.0. The molecule has 2 aliphatic rings. The molecule has 192 valence electrons. The molecule has 0 unspecified atom stereocenters. The van der Waals surface area contributed by atoms with E-state index in [4.69, 9.17) is 4.74 Å². The predicted octanol–water partition coefficient (Wildman–Crippen LogP) is 5.49. The van der Waals surface area contributed by atoms with Gasteiger partial charge in [0.2, 0.25) is 5.91 Å². The molecule has 0 spiro atoms. The quantitative estimate of drug-likeness (QED) is 0.467. The molecule has 0 radical (unpaired) electrons. The highest BCUT2D eigenvalue weighted by molar-refractivity contribution is 5.80. The Morgan fingerprint density at radius 3 is 2.46 bits per heavy atom. The van der Waals surface area contributed by atoms with Crippen molar-refractivity contribution in [2.75, 3.05) is 13.2 Å². The molecular weight excluding hydrogens is 467 g/mol. The highest BCUT2D eigenvalue weighted by Crippen LogP contribution is 2.39. The first-order valence-electron chi connectivity index (χ1n) is 13.1. The number of aryl methyl sites for hydroxylation is 1. The number of carbonyl (C=O) groups excluding carboxylic acids is 2. The molecule has 3 aromatic rings. The summed E-state index contributed by atoms with van der Waals surface area (Å²) >= 11 is 0.